The number of hydrogen-bond acceptors (Lipinski definition) is 7. The first kappa shape index (κ1) is 15.0. The van der Waals surface area contributed by atoms with Gasteiger partial charge in [-0.25, -0.2) is 4.98 Å². The van der Waals surface area contributed by atoms with Gasteiger partial charge < -0.3 is 11.1 Å². The fourth-order valence-electron chi connectivity index (χ4n) is 1.93. The molecular formula is C13H13BrN4S3. The molecule has 0 aliphatic heterocycles. The van der Waals surface area contributed by atoms with E-state index in [-0.39, 0.29) is 0 Å². The number of nitrogens with zero attached hydrogens (tertiary/aromatic N) is 2. The van der Waals surface area contributed by atoms with Crippen LogP contribution < -0.4 is 11.1 Å². The molecule has 0 saturated carbocycles. The third-order valence-electron chi connectivity index (χ3n) is 2.88. The summed E-state index contributed by atoms with van der Waals surface area (Å²) in [5.41, 5.74) is 7.82. The second kappa shape index (κ2) is 6.43. The minimum atomic E-state index is 0.548. The number of nitrogens with two attached hydrogens (primary N) is 1. The smallest absolute Gasteiger partial charge is 0.148 e. The number of anilines is 2. The molecule has 0 aliphatic rings. The highest BCUT2D eigenvalue weighted by molar-refractivity contribution is 9.11. The van der Waals surface area contributed by atoms with Gasteiger partial charge in [-0.1, -0.05) is 0 Å². The van der Waals surface area contributed by atoms with Crippen LogP contribution in [0.15, 0.2) is 21.3 Å². The monoisotopic (exact) mass is 400 g/mol. The largest absolute Gasteiger partial charge is 0.382 e. The van der Waals surface area contributed by atoms with Gasteiger partial charge in [0.25, 0.3) is 0 Å². The van der Waals surface area contributed by atoms with E-state index in [2.05, 4.69) is 42.7 Å². The molecule has 0 saturated heterocycles. The van der Waals surface area contributed by atoms with E-state index in [0.717, 1.165) is 38.0 Å². The summed E-state index contributed by atoms with van der Waals surface area (Å²) < 4.78 is 5.41. The normalized spacial score (nSPS) is 11.0. The number of aryl methyl sites for hydroxylation is 1. The highest BCUT2D eigenvalue weighted by atomic mass is 79.9. The Morgan fingerprint density at radius 1 is 1.38 bits per heavy atom. The summed E-state index contributed by atoms with van der Waals surface area (Å²) in [4.78, 5) is 5.85. The van der Waals surface area contributed by atoms with E-state index in [4.69, 9.17) is 5.73 Å². The van der Waals surface area contributed by atoms with Crippen molar-refractivity contribution in [2.75, 3.05) is 17.6 Å². The third-order valence-corrected chi connectivity index (χ3v) is 6.16. The van der Waals surface area contributed by atoms with Crippen LogP contribution >= 0.6 is 50.1 Å². The van der Waals surface area contributed by atoms with Gasteiger partial charge in [0, 0.05) is 16.8 Å². The van der Waals surface area contributed by atoms with Crippen LogP contribution in [0.4, 0.5) is 10.8 Å². The average molecular weight is 401 g/mol. The minimum absolute atomic E-state index is 0.548. The molecule has 3 N–H and O–H groups in total. The summed E-state index contributed by atoms with van der Waals surface area (Å²) in [5, 5.41) is 7.48. The Morgan fingerprint density at radius 2 is 2.24 bits per heavy atom. The minimum Gasteiger partial charge on any atom is -0.382 e. The molecule has 0 radical (unpaired) electrons. The lowest BCUT2D eigenvalue weighted by atomic mass is 10.2. The first-order valence-electron chi connectivity index (χ1n) is 6.29. The molecule has 0 unspecified atom stereocenters. The van der Waals surface area contributed by atoms with Crippen LogP contribution in [0.1, 0.15) is 9.88 Å². The van der Waals surface area contributed by atoms with E-state index in [0.29, 0.717) is 5.82 Å². The molecule has 8 heteroatoms. The topological polar surface area (TPSA) is 63.8 Å². The highest BCUT2D eigenvalue weighted by Gasteiger charge is 2.15. The first-order chi connectivity index (χ1) is 10.1. The van der Waals surface area contributed by atoms with Gasteiger partial charge in [0.2, 0.25) is 0 Å². The first-order valence-corrected chi connectivity index (χ1v) is 9.55. The summed E-state index contributed by atoms with van der Waals surface area (Å²) in [5.74, 6) is 0.548. The van der Waals surface area contributed by atoms with Gasteiger partial charge >= 0.3 is 0 Å². The summed E-state index contributed by atoms with van der Waals surface area (Å²) in [6.07, 6.45) is 0.976. The Bertz CT molecular complexity index is 746. The average Bonchev–Trinajstić information content (AvgIpc) is 3.12. The predicted octanol–water partition coefficient (Wildman–Crippen LogP) is 4.64. The van der Waals surface area contributed by atoms with Crippen LogP contribution in [0.25, 0.3) is 11.3 Å². The van der Waals surface area contributed by atoms with E-state index in [1.54, 1.807) is 22.7 Å². The van der Waals surface area contributed by atoms with Gasteiger partial charge in [0.15, 0.2) is 0 Å². The van der Waals surface area contributed by atoms with Crippen molar-refractivity contribution in [2.45, 2.75) is 13.3 Å². The van der Waals surface area contributed by atoms with Crippen LogP contribution in [-0.2, 0) is 6.42 Å². The molecule has 3 heterocycles. The molecule has 3 aromatic rings. The number of thiazole rings is 1. The lowest BCUT2D eigenvalue weighted by Crippen LogP contribution is -2.03. The summed E-state index contributed by atoms with van der Waals surface area (Å²) in [7, 11) is 0. The molecule has 0 spiro atoms. The van der Waals surface area contributed by atoms with Crippen LogP contribution in [0, 0.1) is 6.92 Å². The van der Waals surface area contributed by atoms with Crippen molar-refractivity contribution in [1.82, 2.24) is 9.36 Å². The summed E-state index contributed by atoms with van der Waals surface area (Å²) in [6.45, 7) is 2.84. The Hall–Kier alpha value is -0.960. The number of thiophene rings is 1. The van der Waals surface area contributed by atoms with Crippen molar-refractivity contribution in [3.05, 3.63) is 31.2 Å². The number of halogens is 1. The zero-order valence-corrected chi connectivity index (χ0v) is 15.3. The molecule has 110 valence electrons. The zero-order chi connectivity index (χ0) is 14.8. The summed E-state index contributed by atoms with van der Waals surface area (Å²) in [6, 6.07) is 4.22. The second-order valence-electron chi connectivity index (χ2n) is 4.41. The van der Waals surface area contributed by atoms with E-state index < -0.39 is 0 Å². The van der Waals surface area contributed by atoms with Gasteiger partial charge in [-0.2, -0.15) is 4.37 Å². The lowest BCUT2D eigenvalue weighted by Gasteiger charge is -2.04. The van der Waals surface area contributed by atoms with Crippen LogP contribution in [0.5, 0.6) is 0 Å². The number of rotatable bonds is 5. The Morgan fingerprint density at radius 3 is 2.90 bits per heavy atom. The van der Waals surface area contributed by atoms with Crippen LogP contribution in [0.3, 0.4) is 0 Å². The van der Waals surface area contributed by atoms with Crippen molar-refractivity contribution in [3.63, 3.8) is 0 Å². The van der Waals surface area contributed by atoms with E-state index in [1.807, 2.05) is 12.3 Å². The SMILES string of the molecule is Cc1nc(-c2c(N)nsc2NCCc2ccc(Br)s2)cs1. The number of nitrogens with one attached hydrogen (secondary N) is 1. The number of hydrogen-bond donors (Lipinski definition) is 2. The Labute approximate surface area is 143 Å². The molecule has 21 heavy (non-hydrogen) atoms. The number of nitrogen functional groups attached to an aromatic ring is 1. The van der Waals surface area contributed by atoms with E-state index in [9.17, 15) is 0 Å². The van der Waals surface area contributed by atoms with Gasteiger partial charge in [-0.3, -0.25) is 0 Å². The van der Waals surface area contributed by atoms with E-state index in [1.165, 1.54) is 16.4 Å². The fraction of sp³-hybridized carbons (Fsp3) is 0.231. The van der Waals surface area contributed by atoms with Gasteiger partial charge in [-0.05, 0) is 52.9 Å². The van der Waals surface area contributed by atoms with Crippen molar-refractivity contribution in [3.8, 4) is 11.3 Å². The van der Waals surface area contributed by atoms with Gasteiger partial charge in [0.1, 0.15) is 10.8 Å². The molecule has 4 nitrogen and oxygen atoms in total. The highest BCUT2D eigenvalue weighted by Crippen LogP contribution is 2.37. The lowest BCUT2D eigenvalue weighted by molar-refractivity contribution is 1.05. The van der Waals surface area contributed by atoms with Crippen LogP contribution in [0.2, 0.25) is 0 Å². The molecular weight excluding hydrogens is 388 g/mol. The van der Waals surface area contributed by atoms with Crippen molar-refractivity contribution in [1.29, 1.82) is 0 Å². The Balaban J connectivity index is 1.71. The maximum atomic E-state index is 5.99. The third kappa shape index (κ3) is 3.45. The van der Waals surface area contributed by atoms with E-state index >= 15 is 0 Å². The molecule has 3 rings (SSSR count). The zero-order valence-electron chi connectivity index (χ0n) is 11.2. The van der Waals surface area contributed by atoms with Crippen molar-refractivity contribution in [2.24, 2.45) is 0 Å². The van der Waals surface area contributed by atoms with Crippen LogP contribution in [-0.4, -0.2) is 15.9 Å². The molecule has 0 amide bonds. The quantitative estimate of drug-likeness (QED) is 0.654. The van der Waals surface area contributed by atoms with Gasteiger partial charge in [0.05, 0.1) is 20.1 Å². The molecule has 3 aromatic heterocycles. The second-order valence-corrected chi connectivity index (χ2v) is 8.79. The summed E-state index contributed by atoms with van der Waals surface area (Å²) >= 11 is 8.26. The molecule has 0 fully saturated rings. The van der Waals surface area contributed by atoms with Gasteiger partial charge in [-0.15, -0.1) is 22.7 Å². The standard InChI is InChI=1S/C13H13BrN4S3/c1-7-17-9(6-19-7)11-12(15)18-21-13(11)16-5-4-8-2-3-10(14)20-8/h2-3,6,16H,4-5H2,1H3,(H2,15,18). The molecule has 0 aromatic carbocycles. The molecule has 0 bridgehead atoms. The number of aromatic nitrogens is 2. The fourth-order valence-corrected chi connectivity index (χ4v) is 4.77. The van der Waals surface area contributed by atoms with Crippen molar-refractivity contribution >= 4 is 61.0 Å². The predicted molar refractivity (Wildman–Crippen MR) is 96.6 cm³/mol. The maximum absolute atomic E-state index is 5.99. The molecule has 0 aliphatic carbocycles. The molecule has 0 atom stereocenters. The maximum Gasteiger partial charge on any atom is 0.148 e. The Kier molecular flexibility index (Phi) is 4.58. The van der Waals surface area contributed by atoms with Crippen molar-refractivity contribution < 1.29 is 0 Å².